The van der Waals surface area contributed by atoms with E-state index in [0.29, 0.717) is 6.42 Å². The van der Waals surface area contributed by atoms with Crippen molar-refractivity contribution in [3.05, 3.63) is 11.6 Å². The summed E-state index contributed by atoms with van der Waals surface area (Å²) >= 11 is 0. The van der Waals surface area contributed by atoms with Crippen molar-refractivity contribution in [3.63, 3.8) is 0 Å². The molecule has 0 amide bonds. The van der Waals surface area contributed by atoms with E-state index in [1.165, 1.54) is 78.2 Å². The molecular weight excluding hydrogens is 316 g/mol. The summed E-state index contributed by atoms with van der Waals surface area (Å²) in [4.78, 5) is 22.8. The number of aliphatic hydroxyl groups is 1. The number of Topliss-reactive ketones (excluding diaryl/α,β-unsaturated/α-hetero) is 1. The molecule has 4 nitrogen and oxygen atoms in total. The first-order chi connectivity index (χ1) is 12.0. The van der Waals surface area contributed by atoms with E-state index in [-0.39, 0.29) is 5.57 Å². The van der Waals surface area contributed by atoms with Gasteiger partial charge in [-0.3, -0.25) is 4.79 Å². The van der Waals surface area contributed by atoms with Crippen molar-refractivity contribution in [3.8, 4) is 0 Å². The van der Waals surface area contributed by atoms with Gasteiger partial charge in [-0.15, -0.1) is 0 Å². The Morgan fingerprint density at radius 1 is 0.880 bits per heavy atom. The first-order valence-electron chi connectivity index (χ1n) is 10.0. The molecule has 25 heavy (non-hydrogen) atoms. The molecule has 0 saturated heterocycles. The van der Waals surface area contributed by atoms with Gasteiger partial charge in [0.2, 0.25) is 0 Å². The van der Waals surface area contributed by atoms with E-state index >= 15 is 0 Å². The van der Waals surface area contributed by atoms with Gasteiger partial charge in [-0.25, -0.2) is 4.79 Å². The molecular formula is C21H38O4. The van der Waals surface area contributed by atoms with Gasteiger partial charge in [0.05, 0.1) is 12.7 Å². The first-order valence-corrected chi connectivity index (χ1v) is 10.0. The smallest absolute Gasteiger partial charge is 0.336 e. The van der Waals surface area contributed by atoms with Crippen LogP contribution in [-0.2, 0) is 14.3 Å². The zero-order chi connectivity index (χ0) is 18.9. The number of esters is 1. The van der Waals surface area contributed by atoms with Crippen molar-refractivity contribution in [1.82, 2.24) is 0 Å². The lowest BCUT2D eigenvalue weighted by atomic mass is 10.0. The van der Waals surface area contributed by atoms with Gasteiger partial charge < -0.3 is 9.84 Å². The Kier molecular flexibility index (Phi) is 15.6. The van der Waals surface area contributed by atoms with Crippen LogP contribution in [0.2, 0.25) is 0 Å². The highest BCUT2D eigenvalue weighted by molar-refractivity contribution is 5.98. The summed E-state index contributed by atoms with van der Waals surface area (Å²) in [6.45, 7) is 3.52. The van der Waals surface area contributed by atoms with Crippen LogP contribution < -0.4 is 0 Å². The maximum absolute atomic E-state index is 11.6. The van der Waals surface area contributed by atoms with Crippen LogP contribution >= 0.6 is 0 Å². The summed E-state index contributed by atoms with van der Waals surface area (Å²) in [7, 11) is 1.26. The molecule has 0 fully saturated rings. The molecule has 0 saturated carbocycles. The van der Waals surface area contributed by atoms with Crippen molar-refractivity contribution in [2.45, 2.75) is 103 Å². The van der Waals surface area contributed by atoms with E-state index < -0.39 is 17.9 Å². The number of methoxy groups -OCH3 is 1. The van der Waals surface area contributed by atoms with Crippen LogP contribution in [0.15, 0.2) is 11.6 Å². The molecule has 0 bridgehead atoms. The van der Waals surface area contributed by atoms with Gasteiger partial charge >= 0.3 is 5.97 Å². The highest BCUT2D eigenvalue weighted by atomic mass is 16.5. The average molecular weight is 355 g/mol. The van der Waals surface area contributed by atoms with Crippen LogP contribution in [0.25, 0.3) is 0 Å². The monoisotopic (exact) mass is 354 g/mol. The molecule has 0 aliphatic rings. The minimum Gasteiger partial charge on any atom is -0.466 e. The first kappa shape index (κ1) is 23.8. The summed E-state index contributed by atoms with van der Waals surface area (Å²) in [5.41, 5.74) is 0.0677. The van der Waals surface area contributed by atoms with Crippen LogP contribution in [0.5, 0.6) is 0 Å². The second-order valence-corrected chi connectivity index (χ2v) is 6.84. The zero-order valence-electron chi connectivity index (χ0n) is 16.5. The molecule has 0 spiro atoms. The molecule has 0 radical (unpaired) electrons. The Morgan fingerprint density at radius 2 is 1.32 bits per heavy atom. The predicted molar refractivity (Wildman–Crippen MR) is 102 cm³/mol. The van der Waals surface area contributed by atoms with Crippen molar-refractivity contribution in [2.75, 3.05) is 7.11 Å². The predicted octanol–water partition coefficient (Wildman–Crippen LogP) is 5.13. The summed E-state index contributed by atoms with van der Waals surface area (Å²) < 4.78 is 4.63. The van der Waals surface area contributed by atoms with Crippen molar-refractivity contribution in [1.29, 1.82) is 0 Å². The molecule has 0 unspecified atom stereocenters. The fourth-order valence-electron chi connectivity index (χ4n) is 2.89. The minimum atomic E-state index is -1.37. The maximum Gasteiger partial charge on any atom is 0.336 e. The number of carbonyl (C=O) groups is 2. The number of rotatable bonds is 16. The fraction of sp³-hybridized carbons (Fsp3) is 0.810. The second kappa shape index (κ2) is 16.3. The van der Waals surface area contributed by atoms with Crippen molar-refractivity contribution >= 4 is 11.8 Å². The molecule has 4 heteroatoms. The highest BCUT2D eigenvalue weighted by Gasteiger charge is 2.22. The molecule has 0 rings (SSSR count). The Bertz CT molecular complexity index is 387. The Balaban J connectivity index is 3.72. The summed E-state index contributed by atoms with van der Waals surface area (Å²) in [5, 5.41) is 9.76. The number of unbranched alkanes of at least 4 members (excludes halogenated alkanes) is 12. The standard InChI is InChI=1S/C21H38O4/c1-4-5-6-7-8-9-10-11-12-13-14-15-16-17-19(21(24)25-3)20(23)18(2)22/h17,20,23H,4-16H2,1-3H3/b19-17+/t20-/m1/s1. The van der Waals surface area contributed by atoms with Crippen LogP contribution in [0, 0.1) is 0 Å². The number of ether oxygens (including phenoxy) is 1. The van der Waals surface area contributed by atoms with Crippen molar-refractivity contribution in [2.24, 2.45) is 0 Å². The van der Waals surface area contributed by atoms with Crippen molar-refractivity contribution < 1.29 is 19.4 Å². The third-order valence-electron chi connectivity index (χ3n) is 4.52. The number of ketones is 1. The lowest BCUT2D eigenvalue weighted by Crippen LogP contribution is -2.25. The van der Waals surface area contributed by atoms with Gasteiger partial charge in [-0.2, -0.15) is 0 Å². The largest absolute Gasteiger partial charge is 0.466 e. The number of allylic oxidation sites excluding steroid dienone is 1. The molecule has 0 heterocycles. The summed E-state index contributed by atoms with van der Waals surface area (Å²) in [6.07, 6.45) is 16.3. The third-order valence-corrected chi connectivity index (χ3v) is 4.52. The number of carbonyl (C=O) groups excluding carboxylic acids is 2. The van der Waals surface area contributed by atoms with E-state index in [9.17, 15) is 14.7 Å². The van der Waals surface area contributed by atoms with Gasteiger partial charge in [0, 0.05) is 0 Å². The Hall–Kier alpha value is -1.16. The minimum absolute atomic E-state index is 0.0677. The van der Waals surface area contributed by atoms with Gasteiger partial charge in [0.25, 0.3) is 0 Å². The highest BCUT2D eigenvalue weighted by Crippen LogP contribution is 2.14. The molecule has 1 N–H and O–H groups in total. The molecule has 146 valence electrons. The van der Waals surface area contributed by atoms with E-state index in [4.69, 9.17) is 0 Å². The molecule has 0 aliphatic heterocycles. The van der Waals surface area contributed by atoms with Crippen LogP contribution in [0.4, 0.5) is 0 Å². The maximum atomic E-state index is 11.6. The van der Waals surface area contributed by atoms with Gasteiger partial charge in [-0.1, -0.05) is 83.6 Å². The van der Waals surface area contributed by atoms with Gasteiger partial charge in [0.15, 0.2) is 5.78 Å². The van der Waals surface area contributed by atoms with E-state index in [2.05, 4.69) is 11.7 Å². The normalized spacial score (nSPS) is 12.9. The fourth-order valence-corrected chi connectivity index (χ4v) is 2.89. The summed E-state index contributed by atoms with van der Waals surface area (Å²) in [6, 6.07) is 0. The average Bonchev–Trinajstić information content (AvgIpc) is 2.61. The van der Waals surface area contributed by atoms with Crippen LogP contribution in [0.3, 0.4) is 0 Å². The Morgan fingerprint density at radius 3 is 1.72 bits per heavy atom. The number of aliphatic hydroxyl groups excluding tert-OH is 1. The molecule has 0 aliphatic carbocycles. The molecule has 0 aromatic rings. The quantitative estimate of drug-likeness (QED) is 0.237. The number of hydrogen-bond acceptors (Lipinski definition) is 4. The molecule has 0 aromatic heterocycles. The SMILES string of the molecule is CCCCCCCCCCCCCC/C=C(/C(=O)OC)[C@H](O)C(C)=O. The van der Waals surface area contributed by atoms with E-state index in [0.717, 1.165) is 12.8 Å². The van der Waals surface area contributed by atoms with Gasteiger partial charge in [-0.05, 0) is 19.8 Å². The Labute approximate surface area is 154 Å². The summed E-state index contributed by atoms with van der Waals surface area (Å²) in [5.74, 6) is -1.06. The molecule has 1 atom stereocenters. The lowest BCUT2D eigenvalue weighted by Gasteiger charge is -2.10. The van der Waals surface area contributed by atoms with Crippen LogP contribution in [0.1, 0.15) is 97.3 Å². The zero-order valence-corrected chi connectivity index (χ0v) is 16.5. The number of hydrogen-bond donors (Lipinski definition) is 1. The second-order valence-electron chi connectivity index (χ2n) is 6.84. The molecule has 0 aromatic carbocycles. The van der Waals surface area contributed by atoms with E-state index in [1.807, 2.05) is 0 Å². The lowest BCUT2D eigenvalue weighted by molar-refractivity contribution is -0.139. The van der Waals surface area contributed by atoms with Gasteiger partial charge in [0.1, 0.15) is 6.10 Å². The topological polar surface area (TPSA) is 63.6 Å². The van der Waals surface area contributed by atoms with E-state index in [1.54, 1.807) is 6.08 Å². The third kappa shape index (κ3) is 12.8. The van der Waals surface area contributed by atoms with Crippen LogP contribution in [-0.4, -0.2) is 30.1 Å².